The third-order valence-corrected chi connectivity index (χ3v) is 5.71. The summed E-state index contributed by atoms with van der Waals surface area (Å²) in [5.41, 5.74) is 2.31. The number of thiazole rings is 1. The average molecular weight is 402 g/mol. The SMILES string of the molecule is COc1cccc(CC(=O)Nc2nc(-c3ccc(S(C)(=O)=O)cc3)cs2)c1. The fourth-order valence-electron chi connectivity index (χ4n) is 2.47. The van der Waals surface area contributed by atoms with Crippen LogP contribution in [0.5, 0.6) is 5.75 Å². The second kappa shape index (κ2) is 7.89. The van der Waals surface area contributed by atoms with Crippen LogP contribution in [-0.4, -0.2) is 32.7 Å². The molecule has 0 aliphatic carbocycles. The number of carbonyl (C=O) groups is 1. The number of nitrogens with zero attached hydrogens (tertiary/aromatic N) is 1. The number of benzene rings is 2. The summed E-state index contributed by atoms with van der Waals surface area (Å²) in [5, 5.41) is 5.09. The zero-order valence-corrected chi connectivity index (χ0v) is 16.4. The molecule has 0 bridgehead atoms. The first-order valence-corrected chi connectivity index (χ1v) is 10.8. The number of aromatic nitrogens is 1. The van der Waals surface area contributed by atoms with E-state index >= 15 is 0 Å². The minimum Gasteiger partial charge on any atom is -0.497 e. The Morgan fingerprint density at radius 2 is 1.93 bits per heavy atom. The Kier molecular flexibility index (Phi) is 5.57. The first-order chi connectivity index (χ1) is 12.8. The Bertz CT molecular complexity index is 1060. The molecule has 3 aromatic rings. The van der Waals surface area contributed by atoms with E-state index in [9.17, 15) is 13.2 Å². The lowest BCUT2D eigenvalue weighted by Crippen LogP contribution is -2.14. The third kappa shape index (κ3) is 4.93. The normalized spacial score (nSPS) is 11.2. The van der Waals surface area contributed by atoms with Gasteiger partial charge in [0.05, 0.1) is 24.1 Å². The van der Waals surface area contributed by atoms with E-state index in [1.807, 2.05) is 29.6 Å². The molecule has 8 heteroatoms. The van der Waals surface area contributed by atoms with Crippen LogP contribution in [0.1, 0.15) is 5.56 Å². The molecule has 140 valence electrons. The van der Waals surface area contributed by atoms with Crippen LogP contribution >= 0.6 is 11.3 Å². The highest BCUT2D eigenvalue weighted by Crippen LogP contribution is 2.26. The van der Waals surface area contributed by atoms with Crippen molar-refractivity contribution in [3.8, 4) is 17.0 Å². The summed E-state index contributed by atoms with van der Waals surface area (Å²) in [6.45, 7) is 0. The molecule has 1 aromatic heterocycles. The smallest absolute Gasteiger partial charge is 0.230 e. The number of carbonyl (C=O) groups excluding carboxylic acids is 1. The van der Waals surface area contributed by atoms with Crippen molar-refractivity contribution in [2.75, 3.05) is 18.7 Å². The van der Waals surface area contributed by atoms with Gasteiger partial charge in [-0.15, -0.1) is 11.3 Å². The van der Waals surface area contributed by atoms with Gasteiger partial charge in [0.1, 0.15) is 5.75 Å². The van der Waals surface area contributed by atoms with Gasteiger partial charge >= 0.3 is 0 Å². The van der Waals surface area contributed by atoms with Gasteiger partial charge in [0, 0.05) is 17.2 Å². The molecule has 0 aliphatic heterocycles. The van der Waals surface area contributed by atoms with Crippen molar-refractivity contribution >= 4 is 32.2 Å². The molecule has 0 aliphatic rings. The summed E-state index contributed by atoms with van der Waals surface area (Å²) in [5.74, 6) is 0.533. The second-order valence-corrected chi connectivity index (χ2v) is 8.78. The molecule has 0 spiro atoms. The topological polar surface area (TPSA) is 85.4 Å². The van der Waals surface area contributed by atoms with Gasteiger partial charge < -0.3 is 10.1 Å². The van der Waals surface area contributed by atoms with Crippen molar-refractivity contribution in [1.29, 1.82) is 0 Å². The lowest BCUT2D eigenvalue weighted by Gasteiger charge is -2.04. The van der Waals surface area contributed by atoms with Crippen LogP contribution in [0.2, 0.25) is 0 Å². The zero-order valence-electron chi connectivity index (χ0n) is 14.8. The van der Waals surface area contributed by atoms with Crippen molar-refractivity contribution in [1.82, 2.24) is 4.98 Å². The maximum Gasteiger partial charge on any atom is 0.230 e. The molecule has 1 amide bonds. The molecular weight excluding hydrogens is 384 g/mol. The van der Waals surface area contributed by atoms with E-state index in [1.54, 1.807) is 31.4 Å². The lowest BCUT2D eigenvalue weighted by molar-refractivity contribution is -0.115. The molecule has 6 nitrogen and oxygen atoms in total. The number of hydrogen-bond acceptors (Lipinski definition) is 6. The minimum absolute atomic E-state index is 0.170. The number of sulfone groups is 1. The maximum atomic E-state index is 12.2. The number of ether oxygens (including phenoxy) is 1. The monoisotopic (exact) mass is 402 g/mol. The highest BCUT2D eigenvalue weighted by molar-refractivity contribution is 7.90. The molecule has 0 radical (unpaired) electrons. The van der Waals surface area contributed by atoms with Crippen LogP contribution < -0.4 is 10.1 Å². The number of nitrogens with one attached hydrogen (secondary N) is 1. The number of methoxy groups -OCH3 is 1. The average Bonchev–Trinajstić information content (AvgIpc) is 3.09. The summed E-state index contributed by atoms with van der Waals surface area (Å²) in [6.07, 6.45) is 1.38. The van der Waals surface area contributed by atoms with Gasteiger partial charge in [0.2, 0.25) is 5.91 Å². The minimum atomic E-state index is -3.23. The standard InChI is InChI=1S/C19H18N2O4S2/c1-25-15-5-3-4-13(10-15)11-18(22)21-19-20-17(12-26-19)14-6-8-16(9-7-14)27(2,23)24/h3-10,12H,11H2,1-2H3,(H,20,21,22). The van der Waals surface area contributed by atoms with Gasteiger partial charge in [0.15, 0.2) is 15.0 Å². The quantitative estimate of drug-likeness (QED) is 0.683. The summed E-state index contributed by atoms with van der Waals surface area (Å²) in [4.78, 5) is 16.9. The number of anilines is 1. The molecule has 2 aromatic carbocycles. The molecule has 3 rings (SSSR count). The Labute approximate surface area is 161 Å². The van der Waals surface area contributed by atoms with Crippen LogP contribution in [0.3, 0.4) is 0 Å². The Morgan fingerprint density at radius 3 is 2.59 bits per heavy atom. The maximum absolute atomic E-state index is 12.2. The molecule has 27 heavy (non-hydrogen) atoms. The number of rotatable bonds is 6. The van der Waals surface area contributed by atoms with Gasteiger partial charge in [-0.25, -0.2) is 13.4 Å². The van der Waals surface area contributed by atoms with Gasteiger partial charge in [-0.1, -0.05) is 24.3 Å². The van der Waals surface area contributed by atoms with Gasteiger partial charge in [0.25, 0.3) is 0 Å². The summed E-state index contributed by atoms with van der Waals surface area (Å²) >= 11 is 1.31. The molecule has 0 saturated heterocycles. The van der Waals surface area contributed by atoms with E-state index < -0.39 is 9.84 Å². The highest BCUT2D eigenvalue weighted by atomic mass is 32.2. The molecule has 1 heterocycles. The fraction of sp³-hybridized carbons (Fsp3) is 0.158. The Hall–Kier alpha value is -2.71. The lowest BCUT2D eigenvalue weighted by atomic mass is 10.1. The molecule has 0 saturated carbocycles. The Balaban J connectivity index is 1.67. The van der Waals surface area contributed by atoms with E-state index in [0.717, 1.165) is 11.1 Å². The third-order valence-electron chi connectivity index (χ3n) is 3.83. The van der Waals surface area contributed by atoms with Crippen LogP contribution in [0.4, 0.5) is 5.13 Å². The van der Waals surface area contributed by atoms with Crippen molar-refractivity contribution < 1.29 is 17.9 Å². The molecule has 1 N–H and O–H groups in total. The highest BCUT2D eigenvalue weighted by Gasteiger charge is 2.11. The van der Waals surface area contributed by atoms with Crippen LogP contribution in [-0.2, 0) is 21.1 Å². The van der Waals surface area contributed by atoms with Gasteiger partial charge in [-0.2, -0.15) is 0 Å². The largest absolute Gasteiger partial charge is 0.497 e. The molecule has 0 unspecified atom stereocenters. The Morgan fingerprint density at radius 1 is 1.19 bits per heavy atom. The van der Waals surface area contributed by atoms with Crippen LogP contribution in [0.25, 0.3) is 11.3 Å². The van der Waals surface area contributed by atoms with Crippen LogP contribution in [0, 0.1) is 0 Å². The fourth-order valence-corrected chi connectivity index (χ4v) is 3.83. The summed E-state index contributed by atoms with van der Waals surface area (Å²) in [7, 11) is -1.65. The second-order valence-electron chi connectivity index (χ2n) is 5.91. The summed E-state index contributed by atoms with van der Waals surface area (Å²) in [6, 6.07) is 13.8. The number of hydrogen-bond donors (Lipinski definition) is 1. The number of amides is 1. The first-order valence-electron chi connectivity index (χ1n) is 8.04. The van der Waals surface area contributed by atoms with Crippen molar-refractivity contribution in [2.24, 2.45) is 0 Å². The van der Waals surface area contributed by atoms with E-state index in [-0.39, 0.29) is 17.2 Å². The van der Waals surface area contributed by atoms with Gasteiger partial charge in [-0.3, -0.25) is 4.79 Å². The first kappa shape index (κ1) is 19.1. The van der Waals surface area contributed by atoms with Crippen molar-refractivity contribution in [3.63, 3.8) is 0 Å². The molecule has 0 atom stereocenters. The van der Waals surface area contributed by atoms with Crippen molar-refractivity contribution in [2.45, 2.75) is 11.3 Å². The van der Waals surface area contributed by atoms with E-state index in [2.05, 4.69) is 10.3 Å². The molecule has 0 fully saturated rings. The van der Waals surface area contributed by atoms with E-state index in [0.29, 0.717) is 16.6 Å². The predicted molar refractivity (Wildman–Crippen MR) is 106 cm³/mol. The van der Waals surface area contributed by atoms with Crippen molar-refractivity contribution in [3.05, 3.63) is 59.5 Å². The molecular formula is C19H18N2O4S2. The van der Waals surface area contributed by atoms with Gasteiger partial charge in [-0.05, 0) is 29.8 Å². The van der Waals surface area contributed by atoms with E-state index in [1.165, 1.54) is 17.6 Å². The predicted octanol–water partition coefficient (Wildman–Crippen LogP) is 3.40. The summed E-state index contributed by atoms with van der Waals surface area (Å²) < 4.78 is 28.2. The van der Waals surface area contributed by atoms with Crippen LogP contribution in [0.15, 0.2) is 58.8 Å². The zero-order chi connectivity index (χ0) is 19.4. The van der Waals surface area contributed by atoms with E-state index in [4.69, 9.17) is 4.74 Å².